The van der Waals surface area contributed by atoms with Gasteiger partial charge in [0.25, 0.3) is 5.91 Å². The van der Waals surface area contributed by atoms with Crippen LogP contribution in [0, 0.1) is 11.7 Å². The number of methoxy groups -OCH3 is 1. The number of rotatable bonds is 9. The van der Waals surface area contributed by atoms with Gasteiger partial charge in [-0.1, -0.05) is 29.8 Å². The minimum atomic E-state index is -0.634. The summed E-state index contributed by atoms with van der Waals surface area (Å²) in [5.41, 5.74) is 1.61. The summed E-state index contributed by atoms with van der Waals surface area (Å²) in [6.07, 6.45) is 4.52. The number of ether oxygens (including phenoxy) is 2. The molecule has 1 fully saturated rings. The highest BCUT2D eigenvalue weighted by atomic mass is 35.5. The zero-order chi connectivity index (χ0) is 29.0. The molecule has 2 amide bonds. The van der Waals surface area contributed by atoms with E-state index in [4.69, 9.17) is 21.1 Å². The molecule has 1 N–H and O–H groups in total. The quantitative estimate of drug-likeness (QED) is 0.349. The molecule has 40 heavy (non-hydrogen) atoms. The first-order chi connectivity index (χ1) is 19.1. The van der Waals surface area contributed by atoms with Crippen molar-refractivity contribution < 1.29 is 28.2 Å². The molecule has 1 aliphatic rings. The summed E-state index contributed by atoms with van der Waals surface area (Å²) in [7, 11) is 4.90. The molecule has 8 nitrogen and oxygen atoms in total. The van der Waals surface area contributed by atoms with Crippen LogP contribution in [0.5, 0.6) is 0 Å². The molecule has 1 saturated carbocycles. The van der Waals surface area contributed by atoms with Crippen molar-refractivity contribution in [3.8, 4) is 0 Å². The number of halogens is 2. The van der Waals surface area contributed by atoms with E-state index >= 15 is 4.39 Å². The lowest BCUT2D eigenvalue weighted by atomic mass is 9.87. The highest BCUT2D eigenvalue weighted by Gasteiger charge is 2.28. The van der Waals surface area contributed by atoms with Crippen molar-refractivity contribution in [1.29, 1.82) is 0 Å². The fraction of sp³-hybridized carbons (Fsp3) is 0.433. The maximum atomic E-state index is 15.0. The van der Waals surface area contributed by atoms with Crippen molar-refractivity contribution in [2.45, 2.75) is 51.2 Å². The van der Waals surface area contributed by atoms with Crippen LogP contribution in [-0.4, -0.2) is 60.2 Å². The average molecular weight is 572 g/mol. The van der Waals surface area contributed by atoms with E-state index in [2.05, 4.69) is 5.32 Å². The number of amides is 2. The first-order valence-electron chi connectivity index (χ1n) is 13.4. The van der Waals surface area contributed by atoms with Gasteiger partial charge in [-0.2, -0.15) is 0 Å². The number of aryl methyl sites for hydroxylation is 1. The first-order valence-corrected chi connectivity index (χ1v) is 13.7. The Hall–Kier alpha value is -3.43. The van der Waals surface area contributed by atoms with E-state index in [0.29, 0.717) is 12.2 Å². The maximum absolute atomic E-state index is 15.0. The van der Waals surface area contributed by atoms with Gasteiger partial charge in [-0.25, -0.2) is 4.39 Å². The van der Waals surface area contributed by atoms with Crippen LogP contribution in [0.2, 0.25) is 5.02 Å². The molecule has 0 aliphatic heterocycles. The van der Waals surface area contributed by atoms with E-state index < -0.39 is 11.7 Å². The van der Waals surface area contributed by atoms with E-state index in [-0.39, 0.29) is 52.6 Å². The van der Waals surface area contributed by atoms with E-state index in [9.17, 15) is 14.4 Å². The van der Waals surface area contributed by atoms with Crippen LogP contribution in [0.1, 0.15) is 48.5 Å². The van der Waals surface area contributed by atoms with Gasteiger partial charge in [-0.05, 0) is 56.4 Å². The number of carbonyl (C=O) groups excluding carboxylic acids is 3. The lowest BCUT2D eigenvalue weighted by Crippen LogP contribution is -2.40. The predicted octanol–water partition coefficient (Wildman–Crippen LogP) is 5.36. The molecule has 1 aliphatic carbocycles. The fourth-order valence-corrected chi connectivity index (χ4v) is 5.32. The Morgan fingerprint density at radius 3 is 2.58 bits per heavy atom. The second kappa shape index (κ2) is 12.8. The molecule has 0 spiro atoms. The van der Waals surface area contributed by atoms with Gasteiger partial charge >= 0.3 is 5.97 Å². The van der Waals surface area contributed by atoms with Gasteiger partial charge in [0.1, 0.15) is 5.82 Å². The number of hydrogen-bond acceptors (Lipinski definition) is 5. The minimum absolute atomic E-state index is 0.0275. The van der Waals surface area contributed by atoms with Crippen LogP contribution in [0.15, 0.2) is 42.6 Å². The number of nitrogens with one attached hydrogen (secondary N) is 1. The van der Waals surface area contributed by atoms with Gasteiger partial charge in [0.05, 0.1) is 54.5 Å². The average Bonchev–Trinajstić information content (AvgIpc) is 3.30. The van der Waals surface area contributed by atoms with Gasteiger partial charge in [-0.3, -0.25) is 14.4 Å². The molecule has 4 rings (SSSR count). The van der Waals surface area contributed by atoms with E-state index in [1.165, 1.54) is 18.1 Å². The van der Waals surface area contributed by atoms with Crippen LogP contribution in [-0.2, 0) is 32.5 Å². The summed E-state index contributed by atoms with van der Waals surface area (Å²) in [5.74, 6) is -1.58. The van der Waals surface area contributed by atoms with E-state index in [1.54, 1.807) is 13.2 Å². The lowest BCUT2D eigenvalue weighted by molar-refractivity contribution is -0.148. The van der Waals surface area contributed by atoms with Gasteiger partial charge < -0.3 is 24.3 Å². The SMILES string of the molecule is COC(=O)[C@H]1CC[C@H](OC[C@H](C)N(C)C(=O)Cc2cc(Cl)c(NC(=O)c3cn(C)c4ccccc34)cc2F)CC1. The Kier molecular flexibility index (Phi) is 9.48. The molecule has 1 atom stereocenters. The number of hydrogen-bond donors (Lipinski definition) is 1. The third-order valence-electron chi connectivity index (χ3n) is 7.70. The number of fused-ring (bicyclic) bond motifs is 1. The van der Waals surface area contributed by atoms with Crippen molar-refractivity contribution in [2.75, 3.05) is 26.1 Å². The zero-order valence-electron chi connectivity index (χ0n) is 23.2. The smallest absolute Gasteiger partial charge is 0.308 e. The largest absolute Gasteiger partial charge is 0.469 e. The molecule has 0 saturated heterocycles. The second-order valence-electron chi connectivity index (χ2n) is 10.4. The van der Waals surface area contributed by atoms with Crippen LogP contribution in [0.25, 0.3) is 10.9 Å². The number of esters is 1. The van der Waals surface area contributed by atoms with Gasteiger partial charge in [-0.15, -0.1) is 0 Å². The molecule has 2 aromatic carbocycles. The van der Waals surface area contributed by atoms with Gasteiger partial charge in [0, 0.05) is 31.2 Å². The monoisotopic (exact) mass is 571 g/mol. The first kappa shape index (κ1) is 29.6. The van der Waals surface area contributed by atoms with Gasteiger partial charge in [0.15, 0.2) is 0 Å². The fourth-order valence-electron chi connectivity index (χ4n) is 5.08. The number of carbonyl (C=O) groups is 3. The van der Waals surface area contributed by atoms with Crippen molar-refractivity contribution in [2.24, 2.45) is 13.0 Å². The Morgan fingerprint density at radius 1 is 1.18 bits per heavy atom. The molecule has 10 heteroatoms. The van der Waals surface area contributed by atoms with E-state index in [1.807, 2.05) is 42.8 Å². The van der Waals surface area contributed by atoms with E-state index in [0.717, 1.165) is 42.7 Å². The van der Waals surface area contributed by atoms with Crippen LogP contribution in [0.3, 0.4) is 0 Å². The molecule has 214 valence electrons. The summed E-state index contributed by atoms with van der Waals surface area (Å²) in [4.78, 5) is 39.1. The number of anilines is 1. The number of benzene rings is 2. The number of nitrogens with zero attached hydrogens (tertiary/aromatic N) is 2. The number of para-hydroxylation sites is 1. The standard InChI is InChI=1S/C30H35ClFN3O5/c1-18(17-40-21-11-9-19(10-12-21)30(38)39-4)35(3)28(36)14-20-13-24(31)26(15-25(20)32)33-29(37)23-16-34(2)27-8-6-5-7-22(23)27/h5-8,13,15-16,18-19,21H,9-12,14,17H2,1-4H3,(H,33,37)/t18-,19-,21-/m0/s1. The number of likely N-dealkylation sites (N-methyl/N-ethyl adjacent to an activating group) is 1. The molecule has 0 radical (unpaired) electrons. The number of aromatic nitrogens is 1. The summed E-state index contributed by atoms with van der Waals surface area (Å²) in [6.45, 7) is 2.20. The minimum Gasteiger partial charge on any atom is -0.469 e. The van der Waals surface area contributed by atoms with Crippen molar-refractivity contribution >= 4 is 46.0 Å². The second-order valence-corrected chi connectivity index (χ2v) is 10.8. The highest BCUT2D eigenvalue weighted by Crippen LogP contribution is 2.29. The van der Waals surface area contributed by atoms with Crippen LogP contribution in [0.4, 0.5) is 10.1 Å². The molecular weight excluding hydrogens is 537 g/mol. The third-order valence-corrected chi connectivity index (χ3v) is 8.02. The van der Waals surface area contributed by atoms with Crippen LogP contribution < -0.4 is 5.32 Å². The van der Waals surface area contributed by atoms with Crippen molar-refractivity contribution in [3.05, 3.63) is 64.6 Å². The predicted molar refractivity (Wildman–Crippen MR) is 152 cm³/mol. The summed E-state index contributed by atoms with van der Waals surface area (Å²) in [5, 5.41) is 3.61. The van der Waals surface area contributed by atoms with Crippen LogP contribution >= 0.6 is 11.6 Å². The highest BCUT2D eigenvalue weighted by molar-refractivity contribution is 6.34. The molecular formula is C30H35ClFN3O5. The Balaban J connectivity index is 1.33. The zero-order valence-corrected chi connectivity index (χ0v) is 24.0. The Morgan fingerprint density at radius 2 is 1.88 bits per heavy atom. The summed E-state index contributed by atoms with van der Waals surface area (Å²) in [6, 6.07) is 9.78. The van der Waals surface area contributed by atoms with Crippen molar-refractivity contribution in [3.63, 3.8) is 0 Å². The summed E-state index contributed by atoms with van der Waals surface area (Å²) >= 11 is 6.40. The lowest BCUT2D eigenvalue weighted by Gasteiger charge is -2.30. The molecule has 1 heterocycles. The molecule has 0 unspecified atom stereocenters. The van der Waals surface area contributed by atoms with Crippen molar-refractivity contribution in [1.82, 2.24) is 9.47 Å². The van der Waals surface area contributed by atoms with Gasteiger partial charge in [0.2, 0.25) is 5.91 Å². The third kappa shape index (κ3) is 6.64. The Labute approximate surface area is 238 Å². The molecule has 1 aromatic heterocycles. The molecule has 3 aromatic rings. The Bertz CT molecular complexity index is 1400. The maximum Gasteiger partial charge on any atom is 0.308 e. The molecule has 0 bridgehead atoms. The summed E-state index contributed by atoms with van der Waals surface area (Å²) < 4.78 is 27.7. The topological polar surface area (TPSA) is 89.9 Å². The normalized spacial score (nSPS) is 17.9.